The summed E-state index contributed by atoms with van der Waals surface area (Å²) in [7, 11) is 0. The molecule has 0 amide bonds. The molecule has 1 rings (SSSR count). The van der Waals surface area contributed by atoms with Crippen LogP contribution in [0.1, 0.15) is 43.2 Å². The van der Waals surface area contributed by atoms with Gasteiger partial charge >= 0.3 is 0 Å². The Balaban J connectivity index is 2.82. The topological polar surface area (TPSA) is 47.7 Å². The van der Waals surface area contributed by atoms with Crippen molar-refractivity contribution in [2.24, 2.45) is 0 Å². The first-order valence-electron chi connectivity index (χ1n) is 5.92. The molecule has 0 bridgehead atoms. The van der Waals surface area contributed by atoms with Gasteiger partial charge in [-0.25, -0.2) is 0 Å². The third-order valence-electron chi connectivity index (χ3n) is 2.86. The molecule has 0 aliphatic rings. The smallest absolute Gasteiger partial charge is 0.00643 e. The van der Waals surface area contributed by atoms with Gasteiger partial charge in [-0.05, 0) is 49.4 Å². The fourth-order valence-corrected chi connectivity index (χ4v) is 1.94. The molecule has 2 N–H and O–H groups in total. The monoisotopic (exact) mass is 228 g/mol. The fraction of sp³-hybridized carbons (Fsp3) is 0.333. The highest BCUT2D eigenvalue weighted by atomic mass is 14.4. The highest BCUT2D eigenvalue weighted by Gasteiger charge is 2.11. The molecular weight excluding hydrogens is 208 g/mol. The van der Waals surface area contributed by atoms with Gasteiger partial charge in [0.05, 0.1) is 0 Å². The molecule has 0 spiro atoms. The van der Waals surface area contributed by atoms with Crippen LogP contribution >= 0.6 is 0 Å². The van der Waals surface area contributed by atoms with Crippen LogP contribution in [-0.2, 0) is 0 Å². The minimum Gasteiger partial charge on any atom is -0.313 e. The van der Waals surface area contributed by atoms with Crippen LogP contribution in [0.4, 0.5) is 0 Å². The van der Waals surface area contributed by atoms with E-state index >= 15 is 0 Å². The predicted octanol–water partition coefficient (Wildman–Crippen LogP) is 4.27. The Morgan fingerprint density at radius 3 is 2.47 bits per heavy atom. The zero-order chi connectivity index (χ0) is 12.7. The Labute approximate surface area is 103 Å². The molecule has 1 unspecified atom stereocenters. The molecule has 1 aromatic carbocycles. The van der Waals surface area contributed by atoms with Gasteiger partial charge in [-0.3, -0.25) is 0 Å². The van der Waals surface area contributed by atoms with Crippen molar-refractivity contribution in [3.05, 3.63) is 42.0 Å². The van der Waals surface area contributed by atoms with Gasteiger partial charge in [0.25, 0.3) is 0 Å². The van der Waals surface area contributed by atoms with Crippen molar-refractivity contribution in [2.45, 2.75) is 32.1 Å². The second-order valence-electron chi connectivity index (χ2n) is 4.33. The molecule has 90 valence electrons. The molecule has 0 fully saturated rings. The molecule has 0 aliphatic carbocycles. The minimum absolute atomic E-state index is 0.355. The zero-order valence-corrected chi connectivity index (χ0v) is 10.4. The van der Waals surface area contributed by atoms with Crippen LogP contribution in [0.2, 0.25) is 0 Å². The van der Waals surface area contributed by atoms with Crippen LogP contribution in [0.3, 0.4) is 0 Å². The van der Waals surface area contributed by atoms with Crippen molar-refractivity contribution in [1.82, 2.24) is 0 Å². The molecule has 0 aromatic heterocycles. The van der Waals surface area contributed by atoms with Crippen LogP contribution in [0.5, 0.6) is 0 Å². The maximum atomic E-state index is 7.61. The summed E-state index contributed by atoms with van der Waals surface area (Å²) in [5.74, 6) is 0.355. The lowest BCUT2D eigenvalue weighted by atomic mass is 9.89. The summed E-state index contributed by atoms with van der Waals surface area (Å²) in [5, 5.41) is 14.7. The maximum Gasteiger partial charge on any atom is 0.00643 e. The van der Waals surface area contributed by atoms with E-state index in [0.29, 0.717) is 11.6 Å². The van der Waals surface area contributed by atoms with Crippen molar-refractivity contribution >= 4 is 18.0 Å². The Morgan fingerprint density at radius 1 is 1.35 bits per heavy atom. The summed E-state index contributed by atoms with van der Waals surface area (Å²) in [4.78, 5) is 0. The van der Waals surface area contributed by atoms with E-state index < -0.39 is 0 Å². The van der Waals surface area contributed by atoms with E-state index in [1.807, 2.05) is 13.0 Å². The molecule has 17 heavy (non-hydrogen) atoms. The van der Waals surface area contributed by atoms with E-state index in [0.717, 1.165) is 24.8 Å². The summed E-state index contributed by atoms with van der Waals surface area (Å²) < 4.78 is 0. The van der Waals surface area contributed by atoms with Crippen LogP contribution < -0.4 is 0 Å². The number of rotatable bonds is 7. The molecule has 0 heterocycles. The van der Waals surface area contributed by atoms with E-state index in [1.165, 1.54) is 11.8 Å². The molecule has 2 heteroatoms. The van der Waals surface area contributed by atoms with Gasteiger partial charge < -0.3 is 10.8 Å². The van der Waals surface area contributed by atoms with E-state index in [2.05, 4.69) is 30.8 Å². The van der Waals surface area contributed by atoms with E-state index in [-0.39, 0.29) is 0 Å². The van der Waals surface area contributed by atoms with E-state index in [4.69, 9.17) is 10.8 Å². The summed E-state index contributed by atoms with van der Waals surface area (Å²) in [6.45, 7) is 5.58. The Hall–Kier alpha value is -1.70. The highest BCUT2D eigenvalue weighted by Crippen LogP contribution is 2.25. The molecule has 1 aromatic rings. The zero-order valence-electron chi connectivity index (χ0n) is 10.4. The number of hydrogen-bond acceptors (Lipinski definition) is 2. The van der Waals surface area contributed by atoms with Gasteiger partial charge in [0.15, 0.2) is 0 Å². The van der Waals surface area contributed by atoms with Gasteiger partial charge in [-0.1, -0.05) is 36.9 Å². The molecular formula is C15H20N2. The Kier molecular flexibility index (Phi) is 5.34. The maximum absolute atomic E-state index is 7.61. The van der Waals surface area contributed by atoms with Crippen LogP contribution in [0.25, 0.3) is 6.08 Å². The lowest BCUT2D eigenvalue weighted by Crippen LogP contribution is -2.04. The summed E-state index contributed by atoms with van der Waals surface area (Å²) in [6.07, 6.45) is 5.78. The van der Waals surface area contributed by atoms with Crippen molar-refractivity contribution in [1.29, 1.82) is 10.8 Å². The highest BCUT2D eigenvalue weighted by molar-refractivity contribution is 5.79. The van der Waals surface area contributed by atoms with Crippen LogP contribution in [0, 0.1) is 10.8 Å². The van der Waals surface area contributed by atoms with Gasteiger partial charge in [0, 0.05) is 5.71 Å². The predicted molar refractivity (Wildman–Crippen MR) is 75.3 cm³/mol. The largest absolute Gasteiger partial charge is 0.313 e. The second kappa shape index (κ2) is 6.79. The van der Waals surface area contributed by atoms with Gasteiger partial charge in [-0.2, -0.15) is 0 Å². The quantitative estimate of drug-likeness (QED) is 0.655. The Morgan fingerprint density at radius 2 is 2.00 bits per heavy atom. The first kappa shape index (κ1) is 13.4. The average Bonchev–Trinajstić information content (AvgIpc) is 2.34. The summed E-state index contributed by atoms with van der Waals surface area (Å²) in [6, 6.07) is 8.32. The number of benzene rings is 1. The van der Waals surface area contributed by atoms with Crippen molar-refractivity contribution in [3.63, 3.8) is 0 Å². The Bertz CT molecular complexity index is 390. The fourth-order valence-electron chi connectivity index (χ4n) is 1.94. The molecule has 0 radical (unpaired) electrons. The molecule has 0 saturated heterocycles. The normalized spacial score (nSPS) is 11.8. The molecule has 0 saturated carbocycles. The SMILES string of the molecule is C=Cc1ccc(C(CCC=N)CC(C)=N)cc1. The third kappa shape index (κ3) is 4.35. The van der Waals surface area contributed by atoms with Crippen molar-refractivity contribution in [2.75, 3.05) is 0 Å². The van der Waals surface area contributed by atoms with Crippen molar-refractivity contribution in [3.8, 4) is 0 Å². The first-order valence-corrected chi connectivity index (χ1v) is 5.92. The van der Waals surface area contributed by atoms with Gasteiger partial charge in [-0.15, -0.1) is 0 Å². The lowest BCUT2D eigenvalue weighted by Gasteiger charge is -2.16. The first-order chi connectivity index (χ1) is 8.17. The van der Waals surface area contributed by atoms with E-state index in [9.17, 15) is 0 Å². The molecule has 2 nitrogen and oxygen atoms in total. The second-order valence-corrected chi connectivity index (χ2v) is 4.33. The van der Waals surface area contributed by atoms with Gasteiger partial charge in [0.1, 0.15) is 0 Å². The van der Waals surface area contributed by atoms with Gasteiger partial charge in [0.2, 0.25) is 0 Å². The lowest BCUT2D eigenvalue weighted by molar-refractivity contribution is 0.666. The number of hydrogen-bond donors (Lipinski definition) is 2. The summed E-state index contributed by atoms with van der Waals surface area (Å²) in [5.41, 5.74) is 3.07. The molecule has 1 atom stereocenters. The number of nitrogens with one attached hydrogen (secondary N) is 2. The average molecular weight is 228 g/mol. The summed E-state index contributed by atoms with van der Waals surface area (Å²) >= 11 is 0. The third-order valence-corrected chi connectivity index (χ3v) is 2.86. The van der Waals surface area contributed by atoms with E-state index in [1.54, 1.807) is 0 Å². The minimum atomic E-state index is 0.355. The standard InChI is InChI=1S/C15H20N2/c1-3-13-6-8-14(9-7-13)15(5-4-10-16)11-12(2)17/h3,6-10,15-17H,1,4-5,11H2,2H3. The van der Waals surface area contributed by atoms with Crippen molar-refractivity contribution < 1.29 is 0 Å². The molecule has 0 aliphatic heterocycles. The van der Waals surface area contributed by atoms with Crippen LogP contribution in [0.15, 0.2) is 30.8 Å². The van der Waals surface area contributed by atoms with Crippen LogP contribution in [-0.4, -0.2) is 11.9 Å².